The van der Waals surface area contributed by atoms with E-state index < -0.39 is 0 Å². The second kappa shape index (κ2) is 6.75. The standard InChI is InChI=1S/C12H19NOS/c1-3-13(4-2)9-10-15-12-8-6-5-7-11(12)14/h5-8,14H,3-4,9-10H2,1-2H3. The van der Waals surface area contributed by atoms with Crippen LogP contribution in [0.1, 0.15) is 13.8 Å². The fraction of sp³-hybridized carbons (Fsp3) is 0.500. The Bertz CT molecular complexity index is 287. The Labute approximate surface area is 96.3 Å². The Morgan fingerprint density at radius 3 is 2.47 bits per heavy atom. The Morgan fingerprint density at radius 2 is 1.87 bits per heavy atom. The zero-order valence-electron chi connectivity index (χ0n) is 9.44. The van der Waals surface area contributed by atoms with E-state index >= 15 is 0 Å². The zero-order valence-corrected chi connectivity index (χ0v) is 10.3. The molecule has 1 aromatic rings. The summed E-state index contributed by atoms with van der Waals surface area (Å²) in [6, 6.07) is 7.51. The number of thioether (sulfide) groups is 1. The third-order valence-corrected chi connectivity index (χ3v) is 3.47. The monoisotopic (exact) mass is 225 g/mol. The summed E-state index contributed by atoms with van der Waals surface area (Å²) in [4.78, 5) is 3.36. The molecule has 0 atom stereocenters. The van der Waals surface area contributed by atoms with Gasteiger partial charge < -0.3 is 10.0 Å². The van der Waals surface area contributed by atoms with Crippen LogP contribution < -0.4 is 0 Å². The molecule has 0 fully saturated rings. The van der Waals surface area contributed by atoms with Crippen molar-refractivity contribution in [3.63, 3.8) is 0 Å². The van der Waals surface area contributed by atoms with Crippen molar-refractivity contribution in [3.8, 4) is 5.75 Å². The molecular weight excluding hydrogens is 206 g/mol. The van der Waals surface area contributed by atoms with Gasteiger partial charge in [0.1, 0.15) is 5.75 Å². The van der Waals surface area contributed by atoms with Crippen molar-refractivity contribution in [2.24, 2.45) is 0 Å². The minimum atomic E-state index is 0.391. The van der Waals surface area contributed by atoms with E-state index in [1.807, 2.05) is 18.2 Å². The summed E-state index contributed by atoms with van der Waals surface area (Å²) in [5.74, 6) is 1.42. The van der Waals surface area contributed by atoms with Crippen LogP contribution >= 0.6 is 11.8 Å². The second-order valence-corrected chi connectivity index (χ2v) is 4.48. The van der Waals surface area contributed by atoms with E-state index in [4.69, 9.17) is 0 Å². The number of benzene rings is 1. The lowest BCUT2D eigenvalue weighted by molar-refractivity contribution is 0.324. The molecule has 0 heterocycles. The van der Waals surface area contributed by atoms with Crippen molar-refractivity contribution in [1.82, 2.24) is 4.90 Å². The zero-order chi connectivity index (χ0) is 11.1. The van der Waals surface area contributed by atoms with Gasteiger partial charge in [0.2, 0.25) is 0 Å². The molecule has 0 aliphatic heterocycles. The fourth-order valence-electron chi connectivity index (χ4n) is 1.40. The summed E-state index contributed by atoms with van der Waals surface area (Å²) in [5, 5.41) is 9.56. The molecule has 2 nitrogen and oxygen atoms in total. The van der Waals surface area contributed by atoms with Gasteiger partial charge in [0.05, 0.1) is 0 Å². The van der Waals surface area contributed by atoms with Gasteiger partial charge in [-0.3, -0.25) is 0 Å². The molecule has 0 saturated carbocycles. The number of phenolic OH excluding ortho intramolecular Hbond substituents is 1. The van der Waals surface area contributed by atoms with Crippen molar-refractivity contribution in [3.05, 3.63) is 24.3 Å². The van der Waals surface area contributed by atoms with E-state index in [9.17, 15) is 5.11 Å². The van der Waals surface area contributed by atoms with Gasteiger partial charge in [-0.25, -0.2) is 0 Å². The first-order valence-corrected chi connectivity index (χ1v) is 6.39. The van der Waals surface area contributed by atoms with E-state index in [0.29, 0.717) is 5.75 Å². The maximum atomic E-state index is 9.56. The van der Waals surface area contributed by atoms with Gasteiger partial charge in [-0.15, -0.1) is 11.8 Å². The van der Waals surface area contributed by atoms with E-state index in [2.05, 4.69) is 18.7 Å². The lowest BCUT2D eigenvalue weighted by Gasteiger charge is -2.17. The summed E-state index contributed by atoms with van der Waals surface area (Å²) in [5.41, 5.74) is 0. The number of phenols is 1. The number of nitrogens with zero attached hydrogens (tertiary/aromatic N) is 1. The second-order valence-electron chi connectivity index (χ2n) is 3.34. The summed E-state index contributed by atoms with van der Waals surface area (Å²) in [7, 11) is 0. The number of aromatic hydroxyl groups is 1. The largest absolute Gasteiger partial charge is 0.507 e. The van der Waals surface area contributed by atoms with Gasteiger partial charge in [0.25, 0.3) is 0 Å². The molecule has 1 N–H and O–H groups in total. The summed E-state index contributed by atoms with van der Waals surface area (Å²) >= 11 is 1.71. The molecule has 0 amide bonds. The molecule has 84 valence electrons. The maximum Gasteiger partial charge on any atom is 0.129 e. The highest BCUT2D eigenvalue weighted by molar-refractivity contribution is 7.99. The molecule has 0 unspecified atom stereocenters. The van der Waals surface area contributed by atoms with Crippen LogP contribution in [-0.2, 0) is 0 Å². The number of rotatable bonds is 6. The predicted octanol–water partition coefficient (Wildman–Crippen LogP) is 2.83. The summed E-state index contributed by atoms with van der Waals surface area (Å²) in [6.07, 6.45) is 0. The normalized spacial score (nSPS) is 10.9. The van der Waals surface area contributed by atoms with Gasteiger partial charge in [-0.1, -0.05) is 26.0 Å². The van der Waals surface area contributed by atoms with Crippen LogP contribution in [0.25, 0.3) is 0 Å². The highest BCUT2D eigenvalue weighted by atomic mass is 32.2. The Morgan fingerprint density at radius 1 is 1.20 bits per heavy atom. The van der Waals surface area contributed by atoms with Crippen molar-refractivity contribution in [1.29, 1.82) is 0 Å². The molecule has 0 bridgehead atoms. The summed E-state index contributed by atoms with van der Waals surface area (Å²) in [6.45, 7) is 7.62. The first-order valence-electron chi connectivity index (χ1n) is 5.41. The van der Waals surface area contributed by atoms with E-state index in [0.717, 1.165) is 30.3 Å². The van der Waals surface area contributed by atoms with Crippen LogP contribution in [0.2, 0.25) is 0 Å². The van der Waals surface area contributed by atoms with Crippen molar-refractivity contribution in [2.45, 2.75) is 18.7 Å². The minimum Gasteiger partial charge on any atom is -0.507 e. The van der Waals surface area contributed by atoms with Crippen LogP contribution in [0.5, 0.6) is 5.75 Å². The number of hydrogen-bond acceptors (Lipinski definition) is 3. The van der Waals surface area contributed by atoms with Crippen molar-refractivity contribution in [2.75, 3.05) is 25.4 Å². The third kappa shape index (κ3) is 4.14. The first-order chi connectivity index (χ1) is 7.27. The molecule has 0 aliphatic carbocycles. The lowest BCUT2D eigenvalue weighted by atomic mass is 10.3. The van der Waals surface area contributed by atoms with Gasteiger partial charge in [0.15, 0.2) is 0 Å². The first kappa shape index (κ1) is 12.4. The third-order valence-electron chi connectivity index (χ3n) is 2.42. The van der Waals surface area contributed by atoms with Crippen LogP contribution in [-0.4, -0.2) is 35.4 Å². The fourth-order valence-corrected chi connectivity index (χ4v) is 2.36. The smallest absolute Gasteiger partial charge is 0.129 e. The predicted molar refractivity (Wildman–Crippen MR) is 66.6 cm³/mol. The highest BCUT2D eigenvalue weighted by Gasteiger charge is 2.02. The van der Waals surface area contributed by atoms with E-state index in [1.54, 1.807) is 17.8 Å². The minimum absolute atomic E-state index is 0.391. The quantitative estimate of drug-likeness (QED) is 0.753. The molecule has 0 spiro atoms. The van der Waals surface area contributed by atoms with Crippen LogP contribution in [0.3, 0.4) is 0 Å². The maximum absolute atomic E-state index is 9.56. The molecule has 15 heavy (non-hydrogen) atoms. The molecular formula is C12H19NOS. The molecule has 0 saturated heterocycles. The van der Waals surface area contributed by atoms with Gasteiger partial charge in [0, 0.05) is 17.2 Å². The van der Waals surface area contributed by atoms with Gasteiger partial charge in [-0.2, -0.15) is 0 Å². The molecule has 3 heteroatoms. The SMILES string of the molecule is CCN(CC)CCSc1ccccc1O. The lowest BCUT2D eigenvalue weighted by Crippen LogP contribution is -2.25. The molecule has 0 aromatic heterocycles. The van der Waals surface area contributed by atoms with Gasteiger partial charge in [-0.05, 0) is 25.2 Å². The number of para-hydroxylation sites is 1. The Hall–Kier alpha value is -0.670. The van der Waals surface area contributed by atoms with Gasteiger partial charge >= 0.3 is 0 Å². The van der Waals surface area contributed by atoms with E-state index in [-0.39, 0.29) is 0 Å². The Balaban J connectivity index is 2.34. The Kier molecular flexibility index (Phi) is 5.58. The highest BCUT2D eigenvalue weighted by Crippen LogP contribution is 2.27. The number of hydrogen-bond donors (Lipinski definition) is 1. The van der Waals surface area contributed by atoms with Crippen molar-refractivity contribution >= 4 is 11.8 Å². The van der Waals surface area contributed by atoms with Crippen LogP contribution in [0.4, 0.5) is 0 Å². The summed E-state index contributed by atoms with van der Waals surface area (Å²) < 4.78 is 0. The van der Waals surface area contributed by atoms with Crippen LogP contribution in [0.15, 0.2) is 29.2 Å². The van der Waals surface area contributed by atoms with E-state index in [1.165, 1.54) is 0 Å². The average Bonchev–Trinajstić information content (AvgIpc) is 2.27. The molecule has 0 radical (unpaired) electrons. The molecule has 0 aliphatic rings. The molecule has 1 rings (SSSR count). The molecule has 1 aromatic carbocycles. The topological polar surface area (TPSA) is 23.5 Å². The van der Waals surface area contributed by atoms with Crippen molar-refractivity contribution < 1.29 is 5.11 Å². The van der Waals surface area contributed by atoms with Crippen LogP contribution in [0, 0.1) is 0 Å². The average molecular weight is 225 g/mol.